The Morgan fingerprint density at radius 3 is 2.67 bits per heavy atom. The molecule has 4 rings (SSSR count). The Kier molecular flexibility index (Phi) is 8.34. The predicted octanol–water partition coefficient (Wildman–Crippen LogP) is 4.72. The number of hydrogen-bond donors (Lipinski definition) is 1. The lowest BCUT2D eigenvalue weighted by Crippen LogP contribution is -2.51. The van der Waals surface area contributed by atoms with Crippen LogP contribution in [-0.2, 0) is 11.3 Å². The van der Waals surface area contributed by atoms with Crippen LogP contribution in [-0.4, -0.2) is 58.3 Å². The van der Waals surface area contributed by atoms with Crippen LogP contribution in [0.25, 0.3) is 0 Å². The third kappa shape index (κ3) is 5.91. The Morgan fingerprint density at radius 2 is 2.08 bits per heavy atom. The Hall–Kier alpha value is -2.47. The Balaban J connectivity index is 1.29. The Morgan fingerprint density at radius 1 is 1.36 bits per heavy atom. The minimum atomic E-state index is -0.797. The number of likely N-dealkylation sites (tertiary alicyclic amines) is 1. The molecule has 0 unspecified atom stereocenters. The van der Waals surface area contributed by atoms with E-state index in [2.05, 4.69) is 39.6 Å². The topological polar surface area (TPSA) is 89.3 Å². The number of hydrogen-bond acceptors (Lipinski definition) is 6. The summed E-state index contributed by atoms with van der Waals surface area (Å²) in [6.07, 6.45) is 3.97. The molecule has 0 radical (unpaired) electrons. The smallest absolute Gasteiger partial charge is 0.253 e. The van der Waals surface area contributed by atoms with E-state index in [1.54, 1.807) is 24.3 Å². The number of nitriles is 1. The van der Waals surface area contributed by atoms with Gasteiger partial charge in [0.15, 0.2) is 0 Å². The van der Waals surface area contributed by atoms with Gasteiger partial charge in [0.1, 0.15) is 10.6 Å². The van der Waals surface area contributed by atoms with Crippen molar-refractivity contribution in [1.82, 2.24) is 20.1 Å². The highest BCUT2D eigenvalue weighted by Crippen LogP contribution is 2.47. The molecule has 2 amide bonds. The molecule has 1 aliphatic carbocycles. The normalized spacial score (nSPS) is 18.3. The largest absolute Gasteiger partial charge is 0.352 e. The first-order valence-electron chi connectivity index (χ1n) is 12.6. The minimum absolute atomic E-state index is 0.00712. The Labute approximate surface area is 222 Å². The van der Waals surface area contributed by atoms with Crippen LogP contribution in [0, 0.1) is 30.6 Å². The highest BCUT2D eigenvalue weighted by molar-refractivity contribution is 7.07. The molecule has 2 fully saturated rings. The third-order valence-electron chi connectivity index (χ3n) is 7.57. The fourth-order valence-electron chi connectivity index (χ4n) is 5.15. The van der Waals surface area contributed by atoms with E-state index >= 15 is 0 Å². The summed E-state index contributed by atoms with van der Waals surface area (Å²) in [5.74, 6) is -0.109. The van der Waals surface area contributed by atoms with Crippen molar-refractivity contribution in [3.63, 3.8) is 0 Å². The van der Waals surface area contributed by atoms with Crippen molar-refractivity contribution in [3.8, 4) is 6.07 Å². The number of pyridine rings is 1. The Bertz CT molecular complexity index is 1110. The van der Waals surface area contributed by atoms with E-state index in [0.29, 0.717) is 48.4 Å². The van der Waals surface area contributed by atoms with Crippen LogP contribution < -0.4 is 5.32 Å². The summed E-state index contributed by atoms with van der Waals surface area (Å²) < 4.78 is 0. The number of nitrogens with zero attached hydrogens (tertiary/aromatic N) is 4. The number of nitrogens with one attached hydrogen (secondary N) is 1. The fraction of sp³-hybridized carbons (Fsp3) is 0.556. The zero-order chi connectivity index (χ0) is 25.9. The fourth-order valence-corrected chi connectivity index (χ4v) is 6.10. The molecule has 1 saturated carbocycles. The summed E-state index contributed by atoms with van der Waals surface area (Å²) in [4.78, 5) is 34.7. The van der Waals surface area contributed by atoms with E-state index in [1.165, 1.54) is 0 Å². The van der Waals surface area contributed by atoms with Gasteiger partial charge in [-0.3, -0.25) is 9.59 Å². The number of carbonyl (C=O) groups is 2. The van der Waals surface area contributed by atoms with Gasteiger partial charge in [0.25, 0.3) is 5.91 Å². The van der Waals surface area contributed by atoms with Crippen LogP contribution in [0.1, 0.15) is 66.2 Å². The van der Waals surface area contributed by atoms with Gasteiger partial charge >= 0.3 is 0 Å². The molecule has 0 bridgehead atoms. The second-order valence-electron chi connectivity index (χ2n) is 10.1. The molecule has 1 atom stereocenters. The molecule has 1 N–H and O–H groups in total. The minimum Gasteiger partial charge on any atom is -0.352 e. The van der Waals surface area contributed by atoms with Crippen LogP contribution in [0.15, 0.2) is 22.9 Å². The summed E-state index contributed by atoms with van der Waals surface area (Å²) in [6.45, 7) is 8.81. The average molecular weight is 528 g/mol. The van der Waals surface area contributed by atoms with E-state index in [0.717, 1.165) is 43.5 Å². The number of thiophene rings is 1. The third-order valence-corrected chi connectivity index (χ3v) is 8.50. The highest BCUT2D eigenvalue weighted by Gasteiger charge is 2.53. The molecule has 3 heterocycles. The van der Waals surface area contributed by atoms with Crippen LogP contribution in [0.4, 0.5) is 0 Å². The molecule has 0 aromatic carbocycles. The molecule has 36 heavy (non-hydrogen) atoms. The number of aryl methyl sites for hydroxylation is 2. The summed E-state index contributed by atoms with van der Waals surface area (Å²) in [5.41, 5.74) is 2.39. The maximum atomic E-state index is 13.3. The van der Waals surface area contributed by atoms with Crippen molar-refractivity contribution in [1.29, 1.82) is 5.26 Å². The molecule has 1 saturated heterocycles. The lowest BCUT2D eigenvalue weighted by Gasteiger charge is -2.41. The highest BCUT2D eigenvalue weighted by atomic mass is 35.5. The molecule has 2 aromatic rings. The van der Waals surface area contributed by atoms with Crippen molar-refractivity contribution in [2.24, 2.45) is 5.41 Å². The quantitative estimate of drug-likeness (QED) is 0.477. The molecule has 2 aromatic heterocycles. The molecular weight excluding hydrogens is 494 g/mol. The molecule has 9 heteroatoms. The van der Waals surface area contributed by atoms with E-state index < -0.39 is 5.41 Å². The molecule has 1 aliphatic heterocycles. The van der Waals surface area contributed by atoms with Crippen LogP contribution >= 0.6 is 22.9 Å². The number of amides is 2. The van der Waals surface area contributed by atoms with Gasteiger partial charge in [-0.1, -0.05) is 11.6 Å². The van der Waals surface area contributed by atoms with Gasteiger partial charge in [-0.25, -0.2) is 4.98 Å². The van der Waals surface area contributed by atoms with Gasteiger partial charge in [0.05, 0.1) is 17.3 Å². The zero-order valence-electron chi connectivity index (χ0n) is 21.2. The van der Waals surface area contributed by atoms with Gasteiger partial charge in [0.2, 0.25) is 5.91 Å². The molecule has 2 aliphatic rings. The van der Waals surface area contributed by atoms with Crippen molar-refractivity contribution in [3.05, 3.63) is 50.4 Å². The lowest BCUT2D eigenvalue weighted by molar-refractivity contribution is -0.139. The number of halogens is 1. The van der Waals surface area contributed by atoms with E-state index in [-0.39, 0.29) is 17.9 Å². The first kappa shape index (κ1) is 26.6. The van der Waals surface area contributed by atoms with Gasteiger partial charge in [-0.05, 0) is 86.9 Å². The van der Waals surface area contributed by atoms with Gasteiger partial charge < -0.3 is 15.1 Å². The number of piperidine rings is 1. The van der Waals surface area contributed by atoms with E-state index in [4.69, 9.17) is 11.6 Å². The summed E-state index contributed by atoms with van der Waals surface area (Å²) >= 11 is 7.62. The van der Waals surface area contributed by atoms with Crippen LogP contribution in [0.3, 0.4) is 0 Å². The number of aromatic nitrogens is 1. The SMILES string of the molecule is Cc1cc(Cl)nc(C)c1C(=O)NCC[C@@H](C)N1CCC(N(Cc2ccsc2)C(=O)C2(C#N)CC2)CC1. The summed E-state index contributed by atoms with van der Waals surface area (Å²) in [7, 11) is 0. The summed E-state index contributed by atoms with van der Waals surface area (Å²) in [5, 5.41) is 17.2. The zero-order valence-corrected chi connectivity index (χ0v) is 22.8. The van der Waals surface area contributed by atoms with Crippen molar-refractivity contribution in [2.75, 3.05) is 19.6 Å². The van der Waals surface area contributed by atoms with Crippen LogP contribution in [0.2, 0.25) is 5.15 Å². The second-order valence-corrected chi connectivity index (χ2v) is 11.3. The molecule has 0 spiro atoms. The van der Waals surface area contributed by atoms with Crippen molar-refractivity contribution in [2.45, 2.75) is 71.5 Å². The van der Waals surface area contributed by atoms with Gasteiger partial charge in [-0.15, -0.1) is 0 Å². The predicted molar refractivity (Wildman–Crippen MR) is 142 cm³/mol. The first-order valence-corrected chi connectivity index (χ1v) is 14.0. The standard InChI is InChI=1S/C27H34ClN5O2S/c1-18-14-23(28)31-20(3)24(18)25(34)30-10-4-19(2)32-11-5-22(6-12-32)33(15-21-7-13-36-16-21)26(35)27(17-29)8-9-27/h7,13-14,16,19,22H,4-6,8-12,15H2,1-3H3,(H,30,34)/t19-/m1/s1. The maximum Gasteiger partial charge on any atom is 0.253 e. The van der Waals surface area contributed by atoms with Crippen LogP contribution in [0.5, 0.6) is 0 Å². The molecular formula is C27H34ClN5O2S. The molecule has 192 valence electrons. The van der Waals surface area contributed by atoms with Crippen molar-refractivity contribution < 1.29 is 9.59 Å². The lowest BCUT2D eigenvalue weighted by atomic mass is 9.97. The number of carbonyl (C=O) groups excluding carboxylic acids is 2. The molecule has 7 nitrogen and oxygen atoms in total. The summed E-state index contributed by atoms with van der Waals surface area (Å²) in [6, 6.07) is 6.52. The van der Waals surface area contributed by atoms with Crippen molar-refractivity contribution >= 4 is 34.8 Å². The monoisotopic (exact) mass is 527 g/mol. The van der Waals surface area contributed by atoms with E-state index in [1.807, 2.05) is 17.2 Å². The average Bonchev–Trinajstić information content (AvgIpc) is 3.48. The maximum absolute atomic E-state index is 13.3. The second kappa shape index (κ2) is 11.3. The van der Waals surface area contributed by atoms with Gasteiger partial charge in [-0.2, -0.15) is 16.6 Å². The first-order chi connectivity index (χ1) is 17.2. The van der Waals surface area contributed by atoms with Gasteiger partial charge in [0, 0.05) is 38.3 Å². The number of rotatable bonds is 9. The van der Waals surface area contributed by atoms with E-state index in [9.17, 15) is 14.9 Å².